The standard InChI is InChI=1S/C14H19N5/c1-18-8-7-16-13(18)10-19(12-4-5-12)9-11-3-2-6-17-14(11)15/h2-3,6-8,12H,4-5,9-10H2,1H3,(H2,15,17). The normalized spacial score (nSPS) is 15.1. The Labute approximate surface area is 113 Å². The number of aromatic nitrogens is 3. The van der Waals surface area contributed by atoms with Gasteiger partial charge >= 0.3 is 0 Å². The van der Waals surface area contributed by atoms with Crippen molar-refractivity contribution in [1.29, 1.82) is 0 Å². The van der Waals surface area contributed by atoms with Crippen molar-refractivity contribution in [3.8, 4) is 0 Å². The molecule has 0 bridgehead atoms. The van der Waals surface area contributed by atoms with E-state index in [9.17, 15) is 0 Å². The van der Waals surface area contributed by atoms with Gasteiger partial charge in [-0.05, 0) is 18.9 Å². The van der Waals surface area contributed by atoms with Gasteiger partial charge in [-0.15, -0.1) is 0 Å². The Morgan fingerprint density at radius 3 is 2.79 bits per heavy atom. The van der Waals surface area contributed by atoms with Crippen LogP contribution in [0.25, 0.3) is 0 Å². The smallest absolute Gasteiger partial charge is 0.127 e. The lowest BCUT2D eigenvalue weighted by molar-refractivity contribution is 0.237. The second-order valence-electron chi connectivity index (χ2n) is 5.14. The molecular formula is C14H19N5. The van der Waals surface area contributed by atoms with Gasteiger partial charge in [0.05, 0.1) is 6.54 Å². The molecule has 1 aliphatic rings. The van der Waals surface area contributed by atoms with Crippen molar-refractivity contribution in [1.82, 2.24) is 19.4 Å². The molecule has 0 amide bonds. The molecule has 2 heterocycles. The molecule has 0 aliphatic heterocycles. The van der Waals surface area contributed by atoms with Crippen LogP contribution in [0.3, 0.4) is 0 Å². The molecule has 5 heteroatoms. The molecule has 2 N–H and O–H groups in total. The molecule has 3 rings (SSSR count). The van der Waals surface area contributed by atoms with Gasteiger partial charge in [-0.2, -0.15) is 0 Å². The molecule has 0 atom stereocenters. The molecule has 5 nitrogen and oxygen atoms in total. The van der Waals surface area contributed by atoms with E-state index in [1.165, 1.54) is 12.8 Å². The number of nitrogens with two attached hydrogens (primary N) is 1. The fourth-order valence-electron chi connectivity index (χ4n) is 2.29. The van der Waals surface area contributed by atoms with Crippen LogP contribution in [-0.2, 0) is 20.1 Å². The average molecular weight is 257 g/mol. The molecule has 1 fully saturated rings. The van der Waals surface area contributed by atoms with Gasteiger partial charge in [0.15, 0.2) is 0 Å². The third-order valence-electron chi connectivity index (χ3n) is 3.63. The molecule has 1 saturated carbocycles. The zero-order valence-corrected chi connectivity index (χ0v) is 11.2. The first-order chi connectivity index (χ1) is 9.24. The summed E-state index contributed by atoms with van der Waals surface area (Å²) in [6.45, 7) is 1.71. The Hall–Kier alpha value is -1.88. The van der Waals surface area contributed by atoms with E-state index in [1.807, 2.05) is 25.5 Å². The van der Waals surface area contributed by atoms with Crippen LogP contribution in [0.4, 0.5) is 5.82 Å². The molecular weight excluding hydrogens is 238 g/mol. The summed E-state index contributed by atoms with van der Waals surface area (Å²) < 4.78 is 2.07. The minimum absolute atomic E-state index is 0.632. The maximum absolute atomic E-state index is 5.93. The van der Waals surface area contributed by atoms with Crippen molar-refractivity contribution in [2.75, 3.05) is 5.73 Å². The number of pyridine rings is 1. The Kier molecular flexibility index (Phi) is 3.21. The van der Waals surface area contributed by atoms with Gasteiger partial charge in [0.2, 0.25) is 0 Å². The summed E-state index contributed by atoms with van der Waals surface area (Å²) in [4.78, 5) is 11.0. The van der Waals surface area contributed by atoms with E-state index >= 15 is 0 Å². The van der Waals surface area contributed by atoms with Gasteiger partial charge in [-0.25, -0.2) is 9.97 Å². The second kappa shape index (κ2) is 5.01. The van der Waals surface area contributed by atoms with E-state index in [-0.39, 0.29) is 0 Å². The molecule has 0 radical (unpaired) electrons. The monoisotopic (exact) mass is 257 g/mol. The Morgan fingerprint density at radius 1 is 1.32 bits per heavy atom. The van der Waals surface area contributed by atoms with Crippen molar-refractivity contribution in [3.63, 3.8) is 0 Å². The minimum Gasteiger partial charge on any atom is -0.383 e. The summed E-state index contributed by atoms with van der Waals surface area (Å²) in [6.07, 6.45) is 8.10. The molecule has 2 aromatic rings. The maximum atomic E-state index is 5.93. The first-order valence-electron chi connectivity index (χ1n) is 6.63. The summed E-state index contributed by atoms with van der Waals surface area (Å²) in [5.41, 5.74) is 7.03. The number of hydrogen-bond donors (Lipinski definition) is 1. The fraction of sp³-hybridized carbons (Fsp3) is 0.429. The third kappa shape index (κ3) is 2.76. The third-order valence-corrected chi connectivity index (χ3v) is 3.63. The van der Waals surface area contributed by atoms with Crippen LogP contribution < -0.4 is 5.73 Å². The molecule has 0 spiro atoms. The summed E-state index contributed by atoms with van der Waals surface area (Å²) in [7, 11) is 2.03. The zero-order valence-electron chi connectivity index (χ0n) is 11.2. The van der Waals surface area contributed by atoms with E-state index in [4.69, 9.17) is 5.73 Å². The summed E-state index contributed by atoms with van der Waals surface area (Å²) in [5.74, 6) is 1.72. The van der Waals surface area contributed by atoms with Crippen LogP contribution >= 0.6 is 0 Å². The average Bonchev–Trinajstić information content (AvgIpc) is 3.17. The van der Waals surface area contributed by atoms with E-state index < -0.39 is 0 Å². The number of nitrogens with zero attached hydrogens (tertiary/aromatic N) is 4. The minimum atomic E-state index is 0.632. The quantitative estimate of drug-likeness (QED) is 0.883. The van der Waals surface area contributed by atoms with Crippen molar-refractivity contribution < 1.29 is 0 Å². The summed E-state index contributed by atoms with van der Waals surface area (Å²) in [5, 5.41) is 0. The summed E-state index contributed by atoms with van der Waals surface area (Å²) >= 11 is 0. The molecule has 100 valence electrons. The Bertz CT molecular complexity index is 558. The summed E-state index contributed by atoms with van der Waals surface area (Å²) in [6, 6.07) is 4.66. The van der Waals surface area contributed by atoms with Gasteiger partial charge < -0.3 is 10.3 Å². The zero-order chi connectivity index (χ0) is 13.2. The van der Waals surface area contributed by atoms with E-state index in [2.05, 4.69) is 25.5 Å². The lowest BCUT2D eigenvalue weighted by Crippen LogP contribution is -2.27. The highest BCUT2D eigenvalue weighted by molar-refractivity contribution is 5.38. The first kappa shape index (κ1) is 12.2. The van der Waals surface area contributed by atoms with Crippen molar-refractivity contribution in [2.24, 2.45) is 7.05 Å². The lowest BCUT2D eigenvalue weighted by atomic mass is 10.2. The Morgan fingerprint density at radius 2 is 2.16 bits per heavy atom. The number of nitrogen functional groups attached to an aromatic ring is 1. The molecule has 2 aromatic heterocycles. The van der Waals surface area contributed by atoms with Gasteiger partial charge in [-0.3, -0.25) is 4.90 Å². The highest BCUT2D eigenvalue weighted by Crippen LogP contribution is 2.30. The number of hydrogen-bond acceptors (Lipinski definition) is 4. The van der Waals surface area contributed by atoms with Crippen LogP contribution in [0.2, 0.25) is 0 Å². The van der Waals surface area contributed by atoms with Gasteiger partial charge in [-0.1, -0.05) is 6.07 Å². The fourth-order valence-corrected chi connectivity index (χ4v) is 2.29. The van der Waals surface area contributed by atoms with Crippen molar-refractivity contribution in [2.45, 2.75) is 32.0 Å². The largest absolute Gasteiger partial charge is 0.383 e. The van der Waals surface area contributed by atoms with E-state index in [0.717, 1.165) is 24.5 Å². The van der Waals surface area contributed by atoms with E-state index in [1.54, 1.807) is 6.20 Å². The molecule has 0 aromatic carbocycles. The van der Waals surface area contributed by atoms with Crippen molar-refractivity contribution >= 4 is 5.82 Å². The molecule has 1 aliphatic carbocycles. The number of rotatable bonds is 5. The van der Waals surface area contributed by atoms with Crippen LogP contribution in [-0.4, -0.2) is 25.5 Å². The maximum Gasteiger partial charge on any atom is 0.127 e. The second-order valence-corrected chi connectivity index (χ2v) is 5.14. The highest BCUT2D eigenvalue weighted by Gasteiger charge is 2.30. The van der Waals surface area contributed by atoms with Crippen LogP contribution in [0.15, 0.2) is 30.7 Å². The number of aryl methyl sites for hydroxylation is 1. The van der Waals surface area contributed by atoms with Gasteiger partial charge in [0.1, 0.15) is 11.6 Å². The lowest BCUT2D eigenvalue weighted by Gasteiger charge is -2.22. The van der Waals surface area contributed by atoms with Crippen LogP contribution in [0, 0.1) is 0 Å². The number of anilines is 1. The van der Waals surface area contributed by atoms with Crippen LogP contribution in [0.1, 0.15) is 24.2 Å². The molecule has 0 unspecified atom stereocenters. The topological polar surface area (TPSA) is 60.0 Å². The van der Waals surface area contributed by atoms with Crippen LogP contribution in [0.5, 0.6) is 0 Å². The van der Waals surface area contributed by atoms with E-state index in [0.29, 0.717) is 11.9 Å². The Balaban J connectivity index is 1.75. The highest BCUT2D eigenvalue weighted by atomic mass is 15.2. The van der Waals surface area contributed by atoms with Crippen molar-refractivity contribution in [3.05, 3.63) is 42.1 Å². The first-order valence-corrected chi connectivity index (χ1v) is 6.63. The SMILES string of the molecule is Cn1ccnc1CN(Cc1cccnc1N)C1CC1. The predicted octanol–water partition coefficient (Wildman–Crippen LogP) is 1.56. The molecule has 0 saturated heterocycles. The predicted molar refractivity (Wildman–Crippen MR) is 74.1 cm³/mol. The molecule has 19 heavy (non-hydrogen) atoms. The van der Waals surface area contributed by atoms with Gasteiger partial charge in [0.25, 0.3) is 0 Å². The number of imidazole rings is 1. The van der Waals surface area contributed by atoms with Gasteiger partial charge in [0, 0.05) is 43.8 Å².